The summed E-state index contributed by atoms with van der Waals surface area (Å²) in [7, 11) is 1.63. The molecule has 1 aliphatic rings. The number of carbonyl (C=O) groups excluding carboxylic acids is 1. The summed E-state index contributed by atoms with van der Waals surface area (Å²) in [5.41, 5.74) is 1.18. The van der Waals surface area contributed by atoms with E-state index in [2.05, 4.69) is 5.32 Å². The fourth-order valence-corrected chi connectivity index (χ4v) is 2.48. The molecule has 21 heavy (non-hydrogen) atoms. The van der Waals surface area contributed by atoms with E-state index in [9.17, 15) is 9.59 Å². The van der Waals surface area contributed by atoms with Crippen LogP contribution in [0.1, 0.15) is 31.2 Å². The van der Waals surface area contributed by atoms with Gasteiger partial charge in [-0.05, 0) is 43.4 Å². The van der Waals surface area contributed by atoms with Crippen molar-refractivity contribution >= 4 is 11.9 Å². The minimum Gasteiger partial charge on any atom is -0.497 e. The Morgan fingerprint density at radius 1 is 1.29 bits per heavy atom. The first-order chi connectivity index (χ1) is 10.1. The number of carbonyl (C=O) groups is 2. The van der Waals surface area contributed by atoms with Gasteiger partial charge in [-0.3, -0.25) is 9.59 Å². The fraction of sp³-hybridized carbons (Fsp3) is 0.500. The first-order valence-corrected chi connectivity index (χ1v) is 7.23. The van der Waals surface area contributed by atoms with Crippen LogP contribution in [0.15, 0.2) is 24.3 Å². The molecule has 1 aromatic rings. The van der Waals surface area contributed by atoms with E-state index < -0.39 is 5.97 Å². The summed E-state index contributed by atoms with van der Waals surface area (Å²) in [4.78, 5) is 22.4. The second-order valence-electron chi connectivity index (χ2n) is 5.47. The Kier molecular flexibility index (Phi) is 5.20. The van der Waals surface area contributed by atoms with Crippen LogP contribution < -0.4 is 10.1 Å². The summed E-state index contributed by atoms with van der Waals surface area (Å²) in [6.07, 6.45) is 3.21. The predicted molar refractivity (Wildman–Crippen MR) is 78.2 cm³/mol. The fourth-order valence-electron chi connectivity index (χ4n) is 2.48. The molecule has 0 spiro atoms. The molecule has 114 valence electrons. The van der Waals surface area contributed by atoms with Crippen LogP contribution in [0.4, 0.5) is 0 Å². The van der Waals surface area contributed by atoms with E-state index in [1.807, 2.05) is 24.3 Å². The molecule has 1 fully saturated rings. The molecule has 0 bridgehead atoms. The quantitative estimate of drug-likeness (QED) is 0.805. The van der Waals surface area contributed by atoms with Gasteiger partial charge in [0.1, 0.15) is 5.75 Å². The molecule has 1 saturated carbocycles. The molecule has 0 heterocycles. The maximum atomic E-state index is 11.7. The summed E-state index contributed by atoms with van der Waals surface area (Å²) in [6.45, 7) is 0. The van der Waals surface area contributed by atoms with Crippen molar-refractivity contribution in [2.24, 2.45) is 5.92 Å². The van der Waals surface area contributed by atoms with Crippen LogP contribution in [0.2, 0.25) is 0 Å². The van der Waals surface area contributed by atoms with Crippen LogP contribution in [-0.4, -0.2) is 30.1 Å². The van der Waals surface area contributed by atoms with Crippen LogP contribution in [0.5, 0.6) is 5.75 Å². The lowest BCUT2D eigenvalue weighted by Gasteiger charge is -2.32. The summed E-state index contributed by atoms with van der Waals surface area (Å²) in [5.74, 6) is -0.207. The van der Waals surface area contributed by atoms with Crippen molar-refractivity contribution in [2.45, 2.75) is 38.1 Å². The molecule has 0 aliphatic heterocycles. The van der Waals surface area contributed by atoms with Gasteiger partial charge >= 0.3 is 5.97 Å². The number of carboxylic acids is 1. The van der Waals surface area contributed by atoms with E-state index in [1.54, 1.807) is 7.11 Å². The van der Waals surface area contributed by atoms with Crippen LogP contribution in [-0.2, 0) is 16.0 Å². The maximum Gasteiger partial charge on any atom is 0.306 e. The summed E-state index contributed by atoms with van der Waals surface area (Å²) >= 11 is 0. The third-order valence-corrected chi connectivity index (χ3v) is 3.88. The van der Waals surface area contributed by atoms with E-state index in [-0.39, 0.29) is 17.9 Å². The van der Waals surface area contributed by atoms with Crippen molar-refractivity contribution in [3.63, 3.8) is 0 Å². The van der Waals surface area contributed by atoms with Gasteiger partial charge in [0.05, 0.1) is 13.0 Å². The lowest BCUT2D eigenvalue weighted by atomic mass is 9.80. The van der Waals surface area contributed by atoms with Crippen LogP contribution in [0.25, 0.3) is 0 Å². The van der Waals surface area contributed by atoms with Gasteiger partial charge in [-0.25, -0.2) is 0 Å². The second kappa shape index (κ2) is 7.11. The molecule has 0 saturated heterocycles. The van der Waals surface area contributed by atoms with E-state index >= 15 is 0 Å². The number of methoxy groups -OCH3 is 1. The number of aryl methyl sites for hydroxylation is 1. The molecule has 0 aromatic heterocycles. The first-order valence-electron chi connectivity index (χ1n) is 7.23. The number of aliphatic carboxylic acids is 1. The average Bonchev–Trinajstić information content (AvgIpc) is 2.42. The summed E-state index contributed by atoms with van der Waals surface area (Å²) in [5, 5.41) is 11.7. The lowest BCUT2D eigenvalue weighted by molar-refractivity contribution is -0.146. The minimum atomic E-state index is -0.764. The van der Waals surface area contributed by atoms with Gasteiger partial charge in [-0.1, -0.05) is 12.1 Å². The molecule has 1 aliphatic carbocycles. The Balaban J connectivity index is 1.62. The minimum absolute atomic E-state index is 0.0114. The molecule has 0 radical (unpaired) electrons. The van der Waals surface area contributed by atoms with Crippen molar-refractivity contribution in [3.05, 3.63) is 29.8 Å². The van der Waals surface area contributed by atoms with Gasteiger partial charge in [0.2, 0.25) is 5.91 Å². The standard InChI is InChI=1S/C16H21NO4/c1-21-14-7-5-11(6-8-14)3-2-4-15(18)17-13-9-12(10-13)16(19)20/h5-8,12-13H,2-4,9-10H2,1H3,(H,17,18)(H,19,20). The van der Waals surface area contributed by atoms with Crippen LogP contribution in [0.3, 0.4) is 0 Å². The van der Waals surface area contributed by atoms with Gasteiger partial charge in [0, 0.05) is 12.5 Å². The van der Waals surface area contributed by atoms with E-state index in [0.29, 0.717) is 19.3 Å². The highest BCUT2D eigenvalue weighted by Gasteiger charge is 2.34. The molecule has 0 atom stereocenters. The molecule has 5 heteroatoms. The second-order valence-corrected chi connectivity index (χ2v) is 5.47. The smallest absolute Gasteiger partial charge is 0.306 e. The van der Waals surface area contributed by atoms with Gasteiger partial charge in [0.25, 0.3) is 0 Å². The van der Waals surface area contributed by atoms with Gasteiger partial charge < -0.3 is 15.2 Å². The van der Waals surface area contributed by atoms with Crippen molar-refractivity contribution in [1.82, 2.24) is 5.32 Å². The molecule has 5 nitrogen and oxygen atoms in total. The van der Waals surface area contributed by atoms with E-state index in [4.69, 9.17) is 9.84 Å². The van der Waals surface area contributed by atoms with Crippen LogP contribution >= 0.6 is 0 Å². The summed E-state index contributed by atoms with van der Waals surface area (Å²) in [6, 6.07) is 7.87. The summed E-state index contributed by atoms with van der Waals surface area (Å²) < 4.78 is 5.09. The highest BCUT2D eigenvalue weighted by atomic mass is 16.5. The van der Waals surface area contributed by atoms with E-state index in [1.165, 1.54) is 5.56 Å². The molecular weight excluding hydrogens is 270 g/mol. The topological polar surface area (TPSA) is 75.6 Å². The van der Waals surface area contributed by atoms with Gasteiger partial charge in [0.15, 0.2) is 0 Å². The number of hydrogen-bond donors (Lipinski definition) is 2. The SMILES string of the molecule is COc1ccc(CCCC(=O)NC2CC(C(=O)O)C2)cc1. The zero-order valence-electron chi connectivity index (χ0n) is 12.2. The molecular formula is C16H21NO4. The zero-order valence-corrected chi connectivity index (χ0v) is 12.2. The number of carboxylic acid groups (broad SMARTS) is 1. The van der Waals surface area contributed by atoms with Crippen molar-refractivity contribution in [1.29, 1.82) is 0 Å². The Morgan fingerprint density at radius 2 is 1.95 bits per heavy atom. The molecule has 1 amide bonds. The number of ether oxygens (including phenoxy) is 1. The number of amides is 1. The van der Waals surface area contributed by atoms with Gasteiger partial charge in [-0.2, -0.15) is 0 Å². The number of benzene rings is 1. The van der Waals surface area contributed by atoms with Crippen LogP contribution in [0, 0.1) is 5.92 Å². The average molecular weight is 291 g/mol. The highest BCUT2D eigenvalue weighted by molar-refractivity contribution is 5.77. The van der Waals surface area contributed by atoms with E-state index in [0.717, 1.165) is 18.6 Å². The monoisotopic (exact) mass is 291 g/mol. The number of rotatable bonds is 7. The maximum absolute atomic E-state index is 11.7. The Morgan fingerprint density at radius 3 is 2.52 bits per heavy atom. The van der Waals surface area contributed by atoms with Crippen molar-refractivity contribution < 1.29 is 19.4 Å². The van der Waals surface area contributed by atoms with Crippen molar-refractivity contribution in [2.75, 3.05) is 7.11 Å². The Bertz CT molecular complexity index is 492. The predicted octanol–water partition coefficient (Wildman–Crippen LogP) is 2.00. The molecule has 1 aromatic carbocycles. The molecule has 2 N–H and O–H groups in total. The Hall–Kier alpha value is -2.04. The Labute approximate surface area is 124 Å². The third-order valence-electron chi connectivity index (χ3n) is 3.88. The molecule has 2 rings (SSSR count). The zero-order chi connectivity index (χ0) is 15.2. The normalized spacial score (nSPS) is 20.4. The van der Waals surface area contributed by atoms with Crippen molar-refractivity contribution in [3.8, 4) is 5.75 Å². The molecule has 0 unspecified atom stereocenters. The number of hydrogen-bond acceptors (Lipinski definition) is 3. The lowest BCUT2D eigenvalue weighted by Crippen LogP contribution is -2.46. The third kappa shape index (κ3) is 4.48. The largest absolute Gasteiger partial charge is 0.497 e. The van der Waals surface area contributed by atoms with Gasteiger partial charge in [-0.15, -0.1) is 0 Å². The first kappa shape index (κ1) is 15.4. The highest BCUT2D eigenvalue weighted by Crippen LogP contribution is 2.27. The number of nitrogens with one attached hydrogen (secondary N) is 1.